The SMILES string of the molecule is CNCc1nc2ncn(Cc3ccc(F)cc3)c2c(=O)[nH]1. The van der Waals surface area contributed by atoms with Crippen LogP contribution in [0.2, 0.25) is 0 Å². The second-order valence-electron chi connectivity index (χ2n) is 4.71. The average Bonchev–Trinajstić information content (AvgIpc) is 2.85. The van der Waals surface area contributed by atoms with Crippen LogP contribution in [0.3, 0.4) is 0 Å². The highest BCUT2D eigenvalue weighted by atomic mass is 19.1. The van der Waals surface area contributed by atoms with Crippen molar-refractivity contribution in [1.82, 2.24) is 24.8 Å². The van der Waals surface area contributed by atoms with Gasteiger partial charge in [0.2, 0.25) is 0 Å². The van der Waals surface area contributed by atoms with Crippen LogP contribution in [0, 0.1) is 5.82 Å². The number of benzene rings is 1. The van der Waals surface area contributed by atoms with E-state index in [0.717, 1.165) is 5.56 Å². The molecule has 0 atom stereocenters. The van der Waals surface area contributed by atoms with Crippen LogP contribution >= 0.6 is 0 Å². The summed E-state index contributed by atoms with van der Waals surface area (Å²) in [5.74, 6) is 0.257. The first-order chi connectivity index (χ1) is 10.2. The van der Waals surface area contributed by atoms with Crippen molar-refractivity contribution in [1.29, 1.82) is 0 Å². The van der Waals surface area contributed by atoms with Gasteiger partial charge in [0, 0.05) is 6.54 Å². The Bertz CT molecular complexity index is 821. The molecule has 3 rings (SSSR count). The van der Waals surface area contributed by atoms with E-state index >= 15 is 0 Å². The Balaban J connectivity index is 2.00. The summed E-state index contributed by atoms with van der Waals surface area (Å²) in [7, 11) is 1.78. The first-order valence-electron chi connectivity index (χ1n) is 6.50. The molecule has 2 heterocycles. The summed E-state index contributed by atoms with van der Waals surface area (Å²) in [5.41, 5.74) is 1.48. The van der Waals surface area contributed by atoms with Gasteiger partial charge in [-0.05, 0) is 24.7 Å². The third-order valence-electron chi connectivity index (χ3n) is 3.14. The summed E-state index contributed by atoms with van der Waals surface area (Å²) in [4.78, 5) is 23.3. The fraction of sp³-hybridized carbons (Fsp3) is 0.214. The Morgan fingerprint density at radius 2 is 2.10 bits per heavy atom. The smallest absolute Gasteiger partial charge is 0.277 e. The van der Waals surface area contributed by atoms with E-state index in [0.29, 0.717) is 30.1 Å². The number of nitrogens with one attached hydrogen (secondary N) is 2. The zero-order valence-corrected chi connectivity index (χ0v) is 11.4. The number of H-pyrrole nitrogens is 1. The highest BCUT2D eigenvalue weighted by molar-refractivity contribution is 5.69. The van der Waals surface area contributed by atoms with Crippen molar-refractivity contribution in [3.05, 3.63) is 58.2 Å². The minimum absolute atomic E-state index is 0.232. The highest BCUT2D eigenvalue weighted by Gasteiger charge is 2.10. The number of nitrogens with zero attached hydrogens (tertiary/aromatic N) is 3. The molecule has 0 aliphatic carbocycles. The van der Waals surface area contributed by atoms with Gasteiger partial charge in [-0.2, -0.15) is 0 Å². The van der Waals surface area contributed by atoms with Crippen LogP contribution < -0.4 is 10.9 Å². The molecule has 1 aromatic carbocycles. The second-order valence-corrected chi connectivity index (χ2v) is 4.71. The molecule has 0 aliphatic heterocycles. The minimum atomic E-state index is -0.287. The molecule has 21 heavy (non-hydrogen) atoms. The molecule has 3 aromatic rings. The third kappa shape index (κ3) is 2.68. The predicted molar refractivity (Wildman–Crippen MR) is 76.4 cm³/mol. The molecule has 0 spiro atoms. The Morgan fingerprint density at radius 1 is 1.33 bits per heavy atom. The summed E-state index contributed by atoms with van der Waals surface area (Å²) < 4.78 is 14.6. The van der Waals surface area contributed by atoms with Gasteiger partial charge in [-0.15, -0.1) is 0 Å². The molecule has 7 heteroatoms. The summed E-state index contributed by atoms with van der Waals surface area (Å²) in [6.45, 7) is 0.906. The Morgan fingerprint density at radius 3 is 2.81 bits per heavy atom. The molecule has 0 aliphatic rings. The molecule has 0 fully saturated rings. The molecule has 6 nitrogen and oxygen atoms in total. The number of rotatable bonds is 4. The number of aromatic nitrogens is 4. The number of fused-ring (bicyclic) bond motifs is 1. The Labute approximate surface area is 119 Å². The van der Waals surface area contributed by atoms with Crippen molar-refractivity contribution in [2.75, 3.05) is 7.05 Å². The van der Waals surface area contributed by atoms with Crippen LogP contribution in [0.25, 0.3) is 11.2 Å². The fourth-order valence-corrected chi connectivity index (χ4v) is 2.19. The summed E-state index contributed by atoms with van der Waals surface area (Å²) in [6.07, 6.45) is 1.57. The van der Waals surface area contributed by atoms with Gasteiger partial charge in [-0.25, -0.2) is 14.4 Å². The molecule has 0 saturated carbocycles. The van der Waals surface area contributed by atoms with Crippen molar-refractivity contribution in [2.45, 2.75) is 13.1 Å². The second kappa shape index (κ2) is 5.45. The lowest BCUT2D eigenvalue weighted by atomic mass is 10.2. The number of hydrogen-bond acceptors (Lipinski definition) is 4. The minimum Gasteiger partial charge on any atom is -0.320 e. The van der Waals surface area contributed by atoms with Gasteiger partial charge in [-0.3, -0.25) is 4.79 Å². The number of hydrogen-bond donors (Lipinski definition) is 2. The van der Waals surface area contributed by atoms with Gasteiger partial charge in [-0.1, -0.05) is 12.1 Å². The topological polar surface area (TPSA) is 75.6 Å². The maximum absolute atomic E-state index is 12.9. The largest absolute Gasteiger partial charge is 0.320 e. The van der Waals surface area contributed by atoms with E-state index in [-0.39, 0.29) is 11.4 Å². The molecule has 108 valence electrons. The lowest BCUT2D eigenvalue weighted by Gasteiger charge is -2.04. The molecule has 0 saturated heterocycles. The van der Waals surface area contributed by atoms with Gasteiger partial charge in [0.05, 0.1) is 12.9 Å². The van der Waals surface area contributed by atoms with Crippen molar-refractivity contribution < 1.29 is 4.39 Å². The summed E-state index contributed by atoms with van der Waals surface area (Å²) >= 11 is 0. The van der Waals surface area contributed by atoms with Gasteiger partial charge in [0.15, 0.2) is 11.2 Å². The van der Waals surface area contributed by atoms with E-state index in [1.54, 1.807) is 30.1 Å². The molecule has 0 amide bonds. The molecular formula is C14H14FN5O. The van der Waals surface area contributed by atoms with E-state index in [9.17, 15) is 9.18 Å². The van der Waals surface area contributed by atoms with Crippen LogP contribution in [-0.4, -0.2) is 26.6 Å². The van der Waals surface area contributed by atoms with Crippen LogP contribution in [0.1, 0.15) is 11.4 Å². The van der Waals surface area contributed by atoms with Crippen LogP contribution in [0.15, 0.2) is 35.4 Å². The fourth-order valence-electron chi connectivity index (χ4n) is 2.19. The van der Waals surface area contributed by atoms with Gasteiger partial charge in [0.1, 0.15) is 11.6 Å². The monoisotopic (exact) mass is 287 g/mol. The predicted octanol–water partition coefficient (Wildman–Crippen LogP) is 1.03. The van der Waals surface area contributed by atoms with E-state index in [2.05, 4.69) is 20.3 Å². The van der Waals surface area contributed by atoms with E-state index in [1.165, 1.54) is 12.1 Å². The summed E-state index contributed by atoms with van der Waals surface area (Å²) in [5, 5.41) is 2.93. The lowest BCUT2D eigenvalue weighted by molar-refractivity contribution is 0.626. The third-order valence-corrected chi connectivity index (χ3v) is 3.14. The highest BCUT2D eigenvalue weighted by Crippen LogP contribution is 2.10. The average molecular weight is 287 g/mol. The van der Waals surface area contributed by atoms with E-state index in [1.807, 2.05) is 0 Å². The van der Waals surface area contributed by atoms with Crippen molar-refractivity contribution in [2.24, 2.45) is 0 Å². The number of halogens is 1. The number of imidazole rings is 1. The van der Waals surface area contributed by atoms with Crippen LogP contribution in [0.5, 0.6) is 0 Å². The Hall–Kier alpha value is -2.54. The molecule has 2 N–H and O–H groups in total. The standard InChI is InChI=1S/C14H14FN5O/c1-16-6-11-18-13-12(14(21)19-11)20(8-17-13)7-9-2-4-10(15)5-3-9/h2-5,8,16H,6-7H2,1H3,(H,18,19,21). The quantitative estimate of drug-likeness (QED) is 0.751. The molecular weight excluding hydrogens is 273 g/mol. The van der Waals surface area contributed by atoms with E-state index < -0.39 is 0 Å². The normalized spacial score (nSPS) is 11.1. The first-order valence-corrected chi connectivity index (χ1v) is 6.50. The maximum Gasteiger partial charge on any atom is 0.277 e. The lowest BCUT2D eigenvalue weighted by Crippen LogP contribution is -2.18. The van der Waals surface area contributed by atoms with Crippen LogP contribution in [-0.2, 0) is 13.1 Å². The van der Waals surface area contributed by atoms with E-state index in [4.69, 9.17) is 0 Å². The molecule has 2 aromatic heterocycles. The van der Waals surface area contributed by atoms with Crippen molar-refractivity contribution in [3.63, 3.8) is 0 Å². The summed E-state index contributed by atoms with van der Waals surface area (Å²) in [6, 6.07) is 6.14. The van der Waals surface area contributed by atoms with Crippen molar-refractivity contribution in [3.8, 4) is 0 Å². The maximum atomic E-state index is 12.9. The van der Waals surface area contributed by atoms with Crippen molar-refractivity contribution >= 4 is 11.2 Å². The van der Waals surface area contributed by atoms with Gasteiger partial charge < -0.3 is 14.9 Å². The Kier molecular flexibility index (Phi) is 3.49. The molecule has 0 radical (unpaired) electrons. The molecule has 0 unspecified atom stereocenters. The zero-order chi connectivity index (χ0) is 14.8. The van der Waals surface area contributed by atoms with Gasteiger partial charge in [0.25, 0.3) is 5.56 Å². The molecule has 0 bridgehead atoms. The number of aromatic amines is 1. The zero-order valence-electron chi connectivity index (χ0n) is 11.4. The van der Waals surface area contributed by atoms with Crippen LogP contribution in [0.4, 0.5) is 4.39 Å². The first kappa shape index (κ1) is 13.4. The van der Waals surface area contributed by atoms with Gasteiger partial charge >= 0.3 is 0 Å².